The molecule has 2 aromatic heterocycles. The number of carbonyl (C=O) groups excluding carboxylic acids is 1. The first-order chi connectivity index (χ1) is 11.8. The van der Waals surface area contributed by atoms with Crippen molar-refractivity contribution < 1.29 is 19.2 Å². The number of carbonyl (C=O) groups is 2. The quantitative estimate of drug-likeness (QED) is 0.918. The predicted molar refractivity (Wildman–Crippen MR) is 91.5 cm³/mol. The molecule has 2 aromatic rings. The third kappa shape index (κ3) is 2.99. The van der Waals surface area contributed by atoms with Gasteiger partial charge in [0.2, 0.25) is 0 Å². The molecule has 1 aliphatic rings. The zero-order valence-electron chi connectivity index (χ0n) is 14.9. The molecule has 7 nitrogen and oxygen atoms in total. The van der Waals surface area contributed by atoms with Gasteiger partial charge in [0.25, 0.3) is 11.6 Å². The van der Waals surface area contributed by atoms with E-state index in [-0.39, 0.29) is 17.9 Å². The monoisotopic (exact) mass is 345 g/mol. The normalized spacial score (nSPS) is 21.1. The van der Waals surface area contributed by atoms with Gasteiger partial charge in [0, 0.05) is 18.3 Å². The third-order valence-corrected chi connectivity index (χ3v) is 5.02. The lowest BCUT2D eigenvalue weighted by Crippen LogP contribution is -2.49. The highest BCUT2D eigenvalue weighted by molar-refractivity contribution is 6.06. The fourth-order valence-corrected chi connectivity index (χ4v) is 3.49. The highest BCUT2D eigenvalue weighted by atomic mass is 16.5. The summed E-state index contributed by atoms with van der Waals surface area (Å²) in [5.41, 5.74) is 2.21. The van der Waals surface area contributed by atoms with Crippen molar-refractivity contribution in [2.24, 2.45) is 5.92 Å². The first kappa shape index (κ1) is 17.4. The van der Waals surface area contributed by atoms with Crippen LogP contribution in [0.5, 0.6) is 0 Å². The molecule has 25 heavy (non-hydrogen) atoms. The Hall–Kier alpha value is -2.44. The number of piperidine rings is 1. The van der Waals surface area contributed by atoms with Gasteiger partial charge in [-0.15, -0.1) is 0 Å². The average Bonchev–Trinajstić information content (AvgIpc) is 2.94. The van der Waals surface area contributed by atoms with Gasteiger partial charge >= 0.3 is 5.97 Å². The van der Waals surface area contributed by atoms with E-state index in [1.807, 2.05) is 13.8 Å². The summed E-state index contributed by atoms with van der Waals surface area (Å²) in [5.74, 6) is -1.44. The molecule has 0 bridgehead atoms. The maximum Gasteiger partial charge on any atom is 0.308 e. The molecule has 0 aromatic carbocycles. The highest BCUT2D eigenvalue weighted by Gasteiger charge is 2.36. The summed E-state index contributed by atoms with van der Waals surface area (Å²) >= 11 is 0. The second-order valence-electron chi connectivity index (χ2n) is 7.02. The van der Waals surface area contributed by atoms with Gasteiger partial charge in [-0.3, -0.25) is 9.59 Å². The summed E-state index contributed by atoms with van der Waals surface area (Å²) < 4.78 is 5.28. The van der Waals surface area contributed by atoms with Crippen LogP contribution in [0.4, 0.5) is 0 Å². The van der Waals surface area contributed by atoms with Gasteiger partial charge in [0.15, 0.2) is 0 Å². The van der Waals surface area contributed by atoms with Crippen molar-refractivity contribution in [2.45, 2.75) is 52.5 Å². The van der Waals surface area contributed by atoms with Gasteiger partial charge in [-0.2, -0.15) is 0 Å². The average molecular weight is 345 g/mol. The van der Waals surface area contributed by atoms with Crippen LogP contribution in [-0.2, 0) is 4.79 Å². The predicted octanol–water partition coefficient (Wildman–Crippen LogP) is 2.98. The van der Waals surface area contributed by atoms with Crippen molar-refractivity contribution in [1.82, 2.24) is 15.0 Å². The second-order valence-corrected chi connectivity index (χ2v) is 7.02. The number of likely N-dealkylation sites (tertiary alicyclic amines) is 1. The number of aliphatic carboxylic acids is 1. The number of hydrogen-bond donors (Lipinski definition) is 1. The van der Waals surface area contributed by atoms with Crippen molar-refractivity contribution in [2.75, 3.05) is 6.54 Å². The van der Waals surface area contributed by atoms with Gasteiger partial charge in [0.1, 0.15) is 0 Å². The van der Waals surface area contributed by atoms with Crippen molar-refractivity contribution >= 4 is 23.0 Å². The fraction of sp³-hybridized carbons (Fsp3) is 0.556. The van der Waals surface area contributed by atoms with Gasteiger partial charge in [-0.1, -0.05) is 19.0 Å². The number of carboxylic acid groups (broad SMARTS) is 1. The lowest BCUT2D eigenvalue weighted by molar-refractivity contribution is -0.144. The number of fused-ring (bicyclic) bond motifs is 1. The minimum absolute atomic E-state index is 0.131. The first-order valence-electron chi connectivity index (χ1n) is 8.62. The molecule has 1 amide bonds. The van der Waals surface area contributed by atoms with Crippen LogP contribution >= 0.6 is 0 Å². The molecule has 0 unspecified atom stereocenters. The smallest absolute Gasteiger partial charge is 0.308 e. The van der Waals surface area contributed by atoms with Crippen molar-refractivity contribution in [1.29, 1.82) is 0 Å². The molecule has 1 N–H and O–H groups in total. The number of rotatable bonds is 3. The second kappa shape index (κ2) is 6.46. The SMILES string of the molecule is Cc1noc2nc(C(C)C)cc(C(=O)N3CCC[C@H](C(=O)O)[C@@H]3C)c12. The van der Waals surface area contributed by atoms with Crippen LogP contribution in [0.2, 0.25) is 0 Å². The number of pyridine rings is 1. The summed E-state index contributed by atoms with van der Waals surface area (Å²) in [4.78, 5) is 30.8. The molecular formula is C18H23N3O4. The molecule has 7 heteroatoms. The molecule has 1 aliphatic heterocycles. The summed E-state index contributed by atoms with van der Waals surface area (Å²) in [5, 5.41) is 14.0. The Bertz CT molecular complexity index is 827. The standard InChI is InChI=1S/C18H23N3O4/c1-9(2)14-8-13(15-10(3)20-25-16(15)19-14)17(22)21-7-5-6-12(11(21)4)18(23)24/h8-9,11-12H,5-7H2,1-4H3,(H,23,24)/t11-,12-/m0/s1. The van der Waals surface area contributed by atoms with E-state index in [1.54, 1.807) is 24.8 Å². The Labute approximate surface area is 146 Å². The van der Waals surface area contributed by atoms with E-state index in [9.17, 15) is 14.7 Å². The minimum atomic E-state index is -0.853. The zero-order chi connectivity index (χ0) is 18.3. The number of nitrogens with zero attached hydrogens (tertiary/aromatic N) is 3. The van der Waals surface area contributed by atoms with Crippen molar-refractivity contribution in [3.63, 3.8) is 0 Å². The topological polar surface area (TPSA) is 96.5 Å². The molecule has 3 heterocycles. The molecule has 1 saturated heterocycles. The van der Waals surface area contributed by atoms with Crippen LogP contribution < -0.4 is 0 Å². The van der Waals surface area contributed by atoms with Crippen LogP contribution in [-0.4, -0.2) is 44.6 Å². The number of hydrogen-bond acceptors (Lipinski definition) is 5. The zero-order valence-corrected chi connectivity index (χ0v) is 14.9. The molecular weight excluding hydrogens is 322 g/mol. The maximum atomic E-state index is 13.3. The summed E-state index contributed by atoms with van der Waals surface area (Å²) in [6.07, 6.45) is 1.27. The molecule has 0 aliphatic carbocycles. The Kier molecular flexibility index (Phi) is 4.49. The lowest BCUT2D eigenvalue weighted by atomic mass is 9.89. The van der Waals surface area contributed by atoms with Gasteiger partial charge in [0.05, 0.1) is 22.6 Å². The fourth-order valence-electron chi connectivity index (χ4n) is 3.49. The highest BCUT2D eigenvalue weighted by Crippen LogP contribution is 2.30. The van der Waals surface area contributed by atoms with Gasteiger partial charge in [-0.25, -0.2) is 4.98 Å². The van der Waals surface area contributed by atoms with E-state index >= 15 is 0 Å². The van der Waals surface area contributed by atoms with Gasteiger partial charge in [-0.05, 0) is 38.7 Å². The summed E-state index contributed by atoms with van der Waals surface area (Å²) in [6, 6.07) is 1.43. The number of aromatic nitrogens is 2. The largest absolute Gasteiger partial charge is 0.481 e. The third-order valence-electron chi connectivity index (χ3n) is 5.02. The molecule has 134 valence electrons. The number of aryl methyl sites for hydroxylation is 1. The van der Waals surface area contributed by atoms with E-state index in [2.05, 4.69) is 10.1 Å². The van der Waals surface area contributed by atoms with Crippen LogP contribution in [0.15, 0.2) is 10.6 Å². The van der Waals surface area contributed by atoms with E-state index in [0.717, 1.165) is 5.69 Å². The Balaban J connectivity index is 2.07. The van der Waals surface area contributed by atoms with E-state index in [0.29, 0.717) is 41.7 Å². The summed E-state index contributed by atoms with van der Waals surface area (Å²) in [6.45, 7) is 8.12. The molecule has 1 fully saturated rings. The number of amides is 1. The van der Waals surface area contributed by atoms with Gasteiger partial charge < -0.3 is 14.5 Å². The maximum absolute atomic E-state index is 13.3. The number of carboxylic acids is 1. The Morgan fingerprint density at radius 3 is 2.76 bits per heavy atom. The molecule has 2 atom stereocenters. The van der Waals surface area contributed by atoms with Crippen LogP contribution in [0, 0.1) is 12.8 Å². The Morgan fingerprint density at radius 2 is 2.12 bits per heavy atom. The first-order valence-corrected chi connectivity index (χ1v) is 8.62. The van der Waals surface area contributed by atoms with Crippen LogP contribution in [0.1, 0.15) is 61.3 Å². The Morgan fingerprint density at radius 1 is 1.40 bits per heavy atom. The van der Waals surface area contributed by atoms with Crippen LogP contribution in [0.25, 0.3) is 11.1 Å². The molecule has 0 saturated carbocycles. The van der Waals surface area contributed by atoms with E-state index < -0.39 is 11.9 Å². The van der Waals surface area contributed by atoms with Crippen LogP contribution in [0.3, 0.4) is 0 Å². The van der Waals surface area contributed by atoms with E-state index in [1.165, 1.54) is 0 Å². The summed E-state index contributed by atoms with van der Waals surface area (Å²) in [7, 11) is 0. The molecule has 0 radical (unpaired) electrons. The van der Waals surface area contributed by atoms with Crippen molar-refractivity contribution in [3.05, 3.63) is 23.0 Å². The molecule has 0 spiro atoms. The molecule has 3 rings (SSSR count). The van der Waals surface area contributed by atoms with Crippen molar-refractivity contribution in [3.8, 4) is 0 Å². The minimum Gasteiger partial charge on any atom is -0.481 e. The lowest BCUT2D eigenvalue weighted by Gasteiger charge is -2.37. The van der Waals surface area contributed by atoms with E-state index in [4.69, 9.17) is 4.52 Å².